The minimum Gasteiger partial charge on any atom is -0.348 e. The number of nitrogens with one attached hydrogen (secondary N) is 1. The third-order valence-electron chi connectivity index (χ3n) is 3.60. The summed E-state index contributed by atoms with van der Waals surface area (Å²) in [5.74, 6) is -0.137. The van der Waals surface area contributed by atoms with Crippen molar-refractivity contribution in [1.82, 2.24) is 20.1 Å². The normalized spacial score (nSPS) is 10.9. The second kappa shape index (κ2) is 8.26. The molecule has 25 heavy (non-hydrogen) atoms. The molecule has 3 rings (SSSR count). The predicted molar refractivity (Wildman–Crippen MR) is 97.9 cm³/mol. The van der Waals surface area contributed by atoms with Gasteiger partial charge in [-0.25, -0.2) is 9.67 Å². The summed E-state index contributed by atoms with van der Waals surface area (Å²) in [5, 5.41) is 7.62. The van der Waals surface area contributed by atoms with Crippen molar-refractivity contribution in [2.75, 3.05) is 0 Å². The lowest BCUT2D eigenvalue weighted by atomic mass is 10.1. The number of hydrogen-bond acceptors (Lipinski definition) is 3. The number of nitrogens with zero attached hydrogens (tertiary/aromatic N) is 3. The van der Waals surface area contributed by atoms with Crippen LogP contribution in [0.1, 0.15) is 16.7 Å². The molecule has 3 aromatic rings. The van der Waals surface area contributed by atoms with Gasteiger partial charge in [-0.1, -0.05) is 48.0 Å². The number of hydrogen-bond donors (Lipinski definition) is 1. The molecule has 0 atom stereocenters. The molecule has 0 saturated heterocycles. The second-order valence-corrected chi connectivity index (χ2v) is 5.95. The van der Waals surface area contributed by atoms with Gasteiger partial charge in [0.25, 0.3) is 0 Å². The zero-order valence-electron chi connectivity index (χ0n) is 13.5. The molecule has 0 aliphatic carbocycles. The van der Waals surface area contributed by atoms with Crippen molar-refractivity contribution in [3.8, 4) is 0 Å². The molecule has 126 valence electrons. The molecule has 0 saturated carbocycles. The van der Waals surface area contributed by atoms with E-state index >= 15 is 0 Å². The Labute approximate surface area is 151 Å². The Hall–Kier alpha value is -2.92. The van der Waals surface area contributed by atoms with Crippen molar-refractivity contribution in [2.24, 2.45) is 0 Å². The third-order valence-corrected chi connectivity index (χ3v) is 3.85. The van der Waals surface area contributed by atoms with Crippen LogP contribution in [0.3, 0.4) is 0 Å². The Morgan fingerprint density at radius 2 is 1.80 bits per heavy atom. The van der Waals surface area contributed by atoms with Crippen molar-refractivity contribution in [2.45, 2.75) is 13.1 Å². The van der Waals surface area contributed by atoms with E-state index < -0.39 is 0 Å². The van der Waals surface area contributed by atoms with Crippen LogP contribution in [-0.2, 0) is 17.9 Å². The van der Waals surface area contributed by atoms with Gasteiger partial charge in [0, 0.05) is 17.6 Å². The number of amides is 1. The van der Waals surface area contributed by atoms with Gasteiger partial charge in [-0.15, -0.1) is 0 Å². The minimum absolute atomic E-state index is 0.137. The van der Waals surface area contributed by atoms with E-state index in [0.717, 1.165) is 16.7 Å². The van der Waals surface area contributed by atoms with Crippen molar-refractivity contribution in [3.05, 3.63) is 89.0 Å². The fourth-order valence-electron chi connectivity index (χ4n) is 2.26. The molecule has 0 radical (unpaired) electrons. The summed E-state index contributed by atoms with van der Waals surface area (Å²) in [6.45, 7) is 1.16. The largest absolute Gasteiger partial charge is 0.348 e. The molecule has 0 bridgehead atoms. The maximum absolute atomic E-state index is 11.9. The zero-order chi connectivity index (χ0) is 17.5. The molecule has 5 nitrogen and oxygen atoms in total. The Morgan fingerprint density at radius 3 is 2.48 bits per heavy atom. The summed E-state index contributed by atoms with van der Waals surface area (Å²) < 4.78 is 1.76. The van der Waals surface area contributed by atoms with Gasteiger partial charge in [0.1, 0.15) is 12.7 Å². The molecular weight excluding hydrogens is 336 g/mol. The van der Waals surface area contributed by atoms with Gasteiger partial charge in [-0.3, -0.25) is 4.79 Å². The minimum atomic E-state index is -0.137. The van der Waals surface area contributed by atoms with Gasteiger partial charge in [0.05, 0.1) is 6.54 Å². The Kier molecular flexibility index (Phi) is 5.59. The lowest BCUT2D eigenvalue weighted by Crippen LogP contribution is -2.20. The highest BCUT2D eigenvalue weighted by atomic mass is 35.5. The van der Waals surface area contributed by atoms with Crippen LogP contribution in [0.25, 0.3) is 6.08 Å². The van der Waals surface area contributed by atoms with Gasteiger partial charge < -0.3 is 5.32 Å². The standard InChI is InChI=1S/C19H17ClN4O/c20-18-8-5-15(6-9-18)7-10-19(25)22-11-16-1-3-17(4-2-16)12-24-14-21-13-23-24/h1-10,13-14H,11-12H2,(H,22,25)/b10-7+. The number of benzene rings is 2. The summed E-state index contributed by atoms with van der Waals surface area (Å²) >= 11 is 5.83. The Morgan fingerprint density at radius 1 is 1.08 bits per heavy atom. The van der Waals surface area contributed by atoms with E-state index in [1.54, 1.807) is 29.2 Å². The van der Waals surface area contributed by atoms with E-state index in [0.29, 0.717) is 18.1 Å². The van der Waals surface area contributed by atoms with Gasteiger partial charge in [0.2, 0.25) is 5.91 Å². The molecule has 1 heterocycles. The average molecular weight is 353 g/mol. The number of carbonyl (C=O) groups is 1. The zero-order valence-corrected chi connectivity index (χ0v) is 14.2. The number of carbonyl (C=O) groups excluding carboxylic acids is 1. The summed E-state index contributed by atoms with van der Waals surface area (Å²) in [7, 11) is 0. The lowest BCUT2D eigenvalue weighted by molar-refractivity contribution is -0.116. The molecule has 0 aliphatic heterocycles. The van der Waals surface area contributed by atoms with Gasteiger partial charge in [-0.05, 0) is 34.9 Å². The van der Waals surface area contributed by atoms with Crippen LogP contribution in [-0.4, -0.2) is 20.7 Å². The molecule has 1 aromatic heterocycles. The maximum Gasteiger partial charge on any atom is 0.244 e. The lowest BCUT2D eigenvalue weighted by Gasteiger charge is -2.05. The van der Waals surface area contributed by atoms with E-state index in [1.807, 2.05) is 36.4 Å². The molecular formula is C19H17ClN4O. The fourth-order valence-corrected chi connectivity index (χ4v) is 2.38. The van der Waals surface area contributed by atoms with E-state index in [1.165, 1.54) is 12.4 Å². The molecule has 1 amide bonds. The van der Waals surface area contributed by atoms with E-state index in [-0.39, 0.29) is 5.91 Å². The first-order valence-corrected chi connectivity index (χ1v) is 8.18. The van der Waals surface area contributed by atoms with Crippen molar-refractivity contribution < 1.29 is 4.79 Å². The topological polar surface area (TPSA) is 59.8 Å². The molecule has 6 heteroatoms. The first-order chi connectivity index (χ1) is 12.2. The summed E-state index contributed by atoms with van der Waals surface area (Å²) in [5.41, 5.74) is 3.09. The number of rotatable bonds is 6. The molecule has 0 unspecified atom stereocenters. The predicted octanol–water partition coefficient (Wildman–Crippen LogP) is 3.31. The first kappa shape index (κ1) is 16.9. The summed E-state index contributed by atoms with van der Waals surface area (Å²) in [6, 6.07) is 15.3. The van der Waals surface area contributed by atoms with E-state index in [9.17, 15) is 4.79 Å². The van der Waals surface area contributed by atoms with E-state index in [2.05, 4.69) is 15.4 Å². The van der Waals surface area contributed by atoms with Crippen molar-refractivity contribution in [3.63, 3.8) is 0 Å². The number of aromatic nitrogens is 3. The SMILES string of the molecule is O=C(/C=C/c1ccc(Cl)cc1)NCc1ccc(Cn2cncn2)cc1. The number of halogens is 1. The van der Waals surface area contributed by atoms with Crippen LogP contribution in [0, 0.1) is 0 Å². The van der Waals surface area contributed by atoms with Gasteiger partial charge in [0.15, 0.2) is 0 Å². The Balaban J connectivity index is 1.49. The summed E-state index contributed by atoms with van der Waals surface area (Å²) in [4.78, 5) is 15.8. The fraction of sp³-hybridized carbons (Fsp3) is 0.105. The maximum atomic E-state index is 11.9. The third kappa shape index (κ3) is 5.29. The highest BCUT2D eigenvalue weighted by molar-refractivity contribution is 6.30. The van der Waals surface area contributed by atoms with Crippen LogP contribution >= 0.6 is 11.6 Å². The van der Waals surface area contributed by atoms with Crippen LogP contribution in [0.2, 0.25) is 5.02 Å². The van der Waals surface area contributed by atoms with Crippen LogP contribution in [0.4, 0.5) is 0 Å². The quantitative estimate of drug-likeness (QED) is 0.692. The smallest absolute Gasteiger partial charge is 0.244 e. The van der Waals surface area contributed by atoms with Crippen LogP contribution in [0.5, 0.6) is 0 Å². The summed E-state index contributed by atoms with van der Waals surface area (Å²) in [6.07, 6.45) is 6.47. The van der Waals surface area contributed by atoms with Crippen LogP contribution < -0.4 is 5.32 Å². The molecule has 0 spiro atoms. The Bertz CT molecular complexity index is 840. The van der Waals surface area contributed by atoms with Crippen molar-refractivity contribution >= 4 is 23.6 Å². The highest BCUT2D eigenvalue weighted by Gasteiger charge is 1.99. The highest BCUT2D eigenvalue weighted by Crippen LogP contribution is 2.10. The molecule has 2 aromatic carbocycles. The van der Waals surface area contributed by atoms with Gasteiger partial charge in [-0.2, -0.15) is 5.10 Å². The van der Waals surface area contributed by atoms with E-state index in [4.69, 9.17) is 11.6 Å². The first-order valence-electron chi connectivity index (χ1n) is 7.81. The monoisotopic (exact) mass is 352 g/mol. The average Bonchev–Trinajstić information content (AvgIpc) is 3.14. The molecule has 1 N–H and O–H groups in total. The molecule has 0 aliphatic rings. The molecule has 0 fully saturated rings. The van der Waals surface area contributed by atoms with Crippen molar-refractivity contribution in [1.29, 1.82) is 0 Å². The second-order valence-electron chi connectivity index (χ2n) is 5.51. The van der Waals surface area contributed by atoms with Crippen LogP contribution in [0.15, 0.2) is 67.3 Å². The van der Waals surface area contributed by atoms with Gasteiger partial charge >= 0.3 is 0 Å².